The Bertz CT molecular complexity index is 498. The number of thiazole rings is 1. The van der Waals surface area contributed by atoms with Gasteiger partial charge in [-0.2, -0.15) is 0 Å². The molecule has 16 heavy (non-hydrogen) atoms. The van der Waals surface area contributed by atoms with E-state index in [-0.39, 0.29) is 5.82 Å². The van der Waals surface area contributed by atoms with Gasteiger partial charge in [-0.1, -0.05) is 15.9 Å². The van der Waals surface area contributed by atoms with Crippen LogP contribution in [0.15, 0.2) is 28.1 Å². The Kier molecular flexibility index (Phi) is 3.56. The van der Waals surface area contributed by atoms with Gasteiger partial charge in [0.2, 0.25) is 0 Å². The second-order valence-electron chi connectivity index (χ2n) is 3.36. The second kappa shape index (κ2) is 4.93. The molecule has 1 aromatic carbocycles. The monoisotopic (exact) mass is 300 g/mol. The highest BCUT2D eigenvalue weighted by Gasteiger charge is 2.03. The molecule has 2 aromatic rings. The van der Waals surface area contributed by atoms with E-state index in [0.717, 1.165) is 15.2 Å². The molecule has 0 spiro atoms. The molecule has 2 rings (SSSR count). The molecular formula is C11H10BrFN2S. The van der Waals surface area contributed by atoms with Crippen LogP contribution in [-0.2, 0) is 6.54 Å². The Labute approximate surface area is 106 Å². The summed E-state index contributed by atoms with van der Waals surface area (Å²) in [5, 5.41) is 5.96. The largest absolute Gasteiger partial charge is 0.376 e. The highest BCUT2D eigenvalue weighted by Crippen LogP contribution is 2.20. The van der Waals surface area contributed by atoms with Gasteiger partial charge in [-0.15, -0.1) is 11.3 Å². The van der Waals surface area contributed by atoms with E-state index in [1.54, 1.807) is 23.5 Å². The molecule has 0 bridgehead atoms. The minimum Gasteiger partial charge on any atom is -0.376 e. The molecule has 0 aliphatic heterocycles. The number of hydrogen-bond donors (Lipinski definition) is 1. The van der Waals surface area contributed by atoms with Crippen LogP contribution < -0.4 is 5.32 Å². The highest BCUT2D eigenvalue weighted by molar-refractivity contribution is 9.10. The first-order chi connectivity index (χ1) is 7.65. The van der Waals surface area contributed by atoms with Gasteiger partial charge in [0.25, 0.3) is 0 Å². The van der Waals surface area contributed by atoms with Gasteiger partial charge in [0.05, 0.1) is 12.2 Å². The number of anilines is 1. The van der Waals surface area contributed by atoms with E-state index in [1.807, 2.05) is 12.3 Å². The highest BCUT2D eigenvalue weighted by atomic mass is 79.9. The van der Waals surface area contributed by atoms with Crippen molar-refractivity contribution in [3.63, 3.8) is 0 Å². The summed E-state index contributed by atoms with van der Waals surface area (Å²) in [4.78, 5) is 4.30. The quantitative estimate of drug-likeness (QED) is 0.928. The molecule has 1 heterocycles. The summed E-state index contributed by atoms with van der Waals surface area (Å²) in [6.07, 6.45) is 0. The van der Waals surface area contributed by atoms with Gasteiger partial charge in [-0.3, -0.25) is 0 Å². The predicted molar refractivity (Wildman–Crippen MR) is 68.3 cm³/mol. The minimum atomic E-state index is -0.261. The number of rotatable bonds is 3. The molecule has 0 atom stereocenters. The molecule has 0 radical (unpaired) electrons. The summed E-state index contributed by atoms with van der Waals surface area (Å²) < 4.78 is 14.2. The number of aryl methyl sites for hydroxylation is 1. The van der Waals surface area contributed by atoms with Crippen molar-refractivity contribution in [3.05, 3.63) is 44.6 Å². The molecule has 0 fully saturated rings. The number of aromatic nitrogens is 1. The van der Waals surface area contributed by atoms with Crippen LogP contribution in [0.4, 0.5) is 10.1 Å². The van der Waals surface area contributed by atoms with Crippen LogP contribution in [0.2, 0.25) is 0 Å². The zero-order chi connectivity index (χ0) is 11.5. The molecule has 1 aromatic heterocycles. The number of benzene rings is 1. The van der Waals surface area contributed by atoms with Gasteiger partial charge in [0, 0.05) is 15.5 Å². The molecule has 0 aliphatic rings. The van der Waals surface area contributed by atoms with Gasteiger partial charge in [-0.25, -0.2) is 9.37 Å². The van der Waals surface area contributed by atoms with Crippen LogP contribution in [0, 0.1) is 12.7 Å². The Morgan fingerprint density at radius 1 is 1.50 bits per heavy atom. The van der Waals surface area contributed by atoms with E-state index in [4.69, 9.17) is 0 Å². The fourth-order valence-electron chi connectivity index (χ4n) is 1.29. The third-order valence-electron chi connectivity index (χ3n) is 2.03. The standard InChI is InChI=1S/C11H10BrFN2S/c1-7-6-16-11(15-7)5-14-10-3-2-8(12)4-9(10)13/h2-4,6,14H,5H2,1H3. The van der Waals surface area contributed by atoms with Crippen molar-refractivity contribution in [1.29, 1.82) is 0 Å². The third-order valence-corrected chi connectivity index (χ3v) is 3.49. The van der Waals surface area contributed by atoms with E-state index in [0.29, 0.717) is 12.2 Å². The van der Waals surface area contributed by atoms with Crippen molar-refractivity contribution in [3.8, 4) is 0 Å². The van der Waals surface area contributed by atoms with Crippen LogP contribution in [0.5, 0.6) is 0 Å². The van der Waals surface area contributed by atoms with E-state index < -0.39 is 0 Å². The first kappa shape index (κ1) is 11.5. The molecule has 84 valence electrons. The number of halogens is 2. The van der Waals surface area contributed by atoms with Crippen molar-refractivity contribution >= 4 is 33.0 Å². The minimum absolute atomic E-state index is 0.261. The van der Waals surface area contributed by atoms with Crippen LogP contribution in [0.25, 0.3) is 0 Å². The van der Waals surface area contributed by atoms with Crippen LogP contribution >= 0.6 is 27.3 Å². The molecule has 0 saturated heterocycles. The fraction of sp³-hybridized carbons (Fsp3) is 0.182. The topological polar surface area (TPSA) is 24.9 Å². The maximum Gasteiger partial charge on any atom is 0.147 e. The Morgan fingerprint density at radius 3 is 2.94 bits per heavy atom. The SMILES string of the molecule is Cc1csc(CNc2ccc(Br)cc2F)n1. The number of nitrogens with one attached hydrogen (secondary N) is 1. The average molecular weight is 301 g/mol. The van der Waals surface area contributed by atoms with E-state index >= 15 is 0 Å². The number of hydrogen-bond acceptors (Lipinski definition) is 3. The molecule has 1 N–H and O–H groups in total. The van der Waals surface area contributed by atoms with E-state index in [2.05, 4.69) is 26.2 Å². The van der Waals surface area contributed by atoms with Crippen molar-refractivity contribution < 1.29 is 4.39 Å². The molecule has 0 saturated carbocycles. The second-order valence-corrected chi connectivity index (χ2v) is 5.22. The van der Waals surface area contributed by atoms with Gasteiger partial charge in [-0.05, 0) is 25.1 Å². The van der Waals surface area contributed by atoms with Crippen molar-refractivity contribution in [2.45, 2.75) is 13.5 Å². The molecule has 2 nitrogen and oxygen atoms in total. The zero-order valence-electron chi connectivity index (χ0n) is 8.63. The summed E-state index contributed by atoms with van der Waals surface area (Å²) in [6.45, 7) is 2.50. The lowest BCUT2D eigenvalue weighted by molar-refractivity contribution is 0.629. The van der Waals surface area contributed by atoms with E-state index in [1.165, 1.54) is 6.07 Å². The van der Waals surface area contributed by atoms with Crippen LogP contribution in [0.1, 0.15) is 10.7 Å². The average Bonchev–Trinajstić information content (AvgIpc) is 2.63. The molecule has 0 amide bonds. The summed E-state index contributed by atoms with van der Waals surface area (Å²) in [7, 11) is 0. The summed E-state index contributed by atoms with van der Waals surface area (Å²) >= 11 is 4.79. The Morgan fingerprint density at radius 2 is 2.31 bits per heavy atom. The normalized spacial score (nSPS) is 10.4. The van der Waals surface area contributed by atoms with Gasteiger partial charge < -0.3 is 5.32 Å². The predicted octanol–water partition coefficient (Wildman–Crippen LogP) is 3.97. The van der Waals surface area contributed by atoms with Crippen molar-refractivity contribution in [2.75, 3.05) is 5.32 Å². The maximum absolute atomic E-state index is 13.4. The van der Waals surface area contributed by atoms with Crippen LogP contribution in [0.3, 0.4) is 0 Å². The molecular weight excluding hydrogens is 291 g/mol. The van der Waals surface area contributed by atoms with Crippen molar-refractivity contribution in [1.82, 2.24) is 4.98 Å². The molecule has 5 heteroatoms. The smallest absolute Gasteiger partial charge is 0.147 e. The number of nitrogens with zero attached hydrogens (tertiary/aromatic N) is 1. The lowest BCUT2D eigenvalue weighted by atomic mass is 10.3. The Hall–Kier alpha value is -0.940. The van der Waals surface area contributed by atoms with Gasteiger partial charge in [0.15, 0.2) is 0 Å². The van der Waals surface area contributed by atoms with Crippen molar-refractivity contribution in [2.24, 2.45) is 0 Å². The first-order valence-corrected chi connectivity index (χ1v) is 6.42. The van der Waals surface area contributed by atoms with Gasteiger partial charge >= 0.3 is 0 Å². The van der Waals surface area contributed by atoms with Crippen LogP contribution in [-0.4, -0.2) is 4.98 Å². The summed E-state index contributed by atoms with van der Waals surface area (Å²) in [5.74, 6) is -0.261. The summed E-state index contributed by atoms with van der Waals surface area (Å²) in [5.41, 5.74) is 1.49. The molecule has 0 aliphatic carbocycles. The summed E-state index contributed by atoms with van der Waals surface area (Å²) in [6, 6.07) is 4.95. The fourth-order valence-corrected chi connectivity index (χ4v) is 2.33. The molecule has 0 unspecified atom stereocenters. The third kappa shape index (κ3) is 2.80. The lowest BCUT2D eigenvalue weighted by Crippen LogP contribution is -2.01. The zero-order valence-corrected chi connectivity index (χ0v) is 11.0. The first-order valence-electron chi connectivity index (χ1n) is 4.75. The maximum atomic E-state index is 13.4. The Balaban J connectivity index is 2.04. The van der Waals surface area contributed by atoms with E-state index in [9.17, 15) is 4.39 Å². The van der Waals surface area contributed by atoms with Gasteiger partial charge in [0.1, 0.15) is 10.8 Å². The lowest BCUT2D eigenvalue weighted by Gasteiger charge is -2.05.